The molecule has 1 aliphatic carbocycles. The fourth-order valence-electron chi connectivity index (χ4n) is 3.20. The summed E-state index contributed by atoms with van der Waals surface area (Å²) in [6.07, 6.45) is -0.233. The minimum absolute atomic E-state index is 0.0269. The van der Waals surface area contributed by atoms with E-state index in [1.807, 2.05) is 7.05 Å². The Labute approximate surface area is 112 Å². The van der Waals surface area contributed by atoms with Gasteiger partial charge < -0.3 is 5.32 Å². The fourth-order valence-corrected chi connectivity index (χ4v) is 3.20. The number of halogens is 3. The Morgan fingerprint density at radius 1 is 1.16 bits per heavy atom. The van der Waals surface area contributed by atoms with Crippen molar-refractivity contribution in [3.8, 4) is 0 Å². The highest BCUT2D eigenvalue weighted by atomic mass is 19.4. The van der Waals surface area contributed by atoms with Crippen molar-refractivity contribution in [1.82, 2.24) is 5.32 Å². The molecular formula is C15H20F3N. The van der Waals surface area contributed by atoms with Crippen LogP contribution in [0.15, 0.2) is 24.3 Å². The monoisotopic (exact) mass is 271 g/mol. The lowest BCUT2D eigenvalue weighted by atomic mass is 9.74. The van der Waals surface area contributed by atoms with Crippen LogP contribution in [0.1, 0.15) is 42.7 Å². The van der Waals surface area contributed by atoms with Gasteiger partial charge in [-0.05, 0) is 49.9 Å². The second kappa shape index (κ2) is 5.95. The zero-order valence-corrected chi connectivity index (χ0v) is 11.1. The van der Waals surface area contributed by atoms with Gasteiger partial charge in [-0.15, -0.1) is 0 Å². The Hall–Kier alpha value is -1.03. The zero-order chi connectivity index (χ0) is 13.9. The van der Waals surface area contributed by atoms with Crippen LogP contribution in [-0.4, -0.2) is 13.6 Å². The van der Waals surface area contributed by atoms with Gasteiger partial charge in [-0.1, -0.05) is 31.0 Å². The molecule has 1 aromatic carbocycles. The molecule has 4 heteroatoms. The van der Waals surface area contributed by atoms with Gasteiger partial charge in [-0.2, -0.15) is 13.2 Å². The standard InChI is InChI=1S/C15H20F3N/c1-19-10-11-6-2-3-7-12(11)13-8-4-5-9-14(13)15(16,17)18/h4-5,8-9,11-12,19H,2-3,6-7,10H2,1H3. The van der Waals surface area contributed by atoms with Crippen molar-refractivity contribution < 1.29 is 13.2 Å². The van der Waals surface area contributed by atoms with Crippen LogP contribution >= 0.6 is 0 Å². The van der Waals surface area contributed by atoms with Gasteiger partial charge in [-0.25, -0.2) is 0 Å². The summed E-state index contributed by atoms with van der Waals surface area (Å²) in [5.74, 6) is 0.335. The number of hydrogen-bond acceptors (Lipinski definition) is 1. The minimum atomic E-state index is -4.25. The smallest absolute Gasteiger partial charge is 0.319 e. The molecule has 1 fully saturated rings. The van der Waals surface area contributed by atoms with E-state index in [2.05, 4.69) is 5.32 Å². The molecule has 106 valence electrons. The average Bonchev–Trinajstić information content (AvgIpc) is 2.39. The molecule has 2 unspecified atom stereocenters. The van der Waals surface area contributed by atoms with Crippen molar-refractivity contribution in [1.29, 1.82) is 0 Å². The van der Waals surface area contributed by atoms with Gasteiger partial charge in [0.05, 0.1) is 5.56 Å². The zero-order valence-electron chi connectivity index (χ0n) is 11.1. The van der Waals surface area contributed by atoms with E-state index in [-0.39, 0.29) is 5.92 Å². The Bertz CT molecular complexity index is 412. The molecule has 0 bridgehead atoms. The van der Waals surface area contributed by atoms with Crippen LogP contribution < -0.4 is 5.32 Å². The Morgan fingerprint density at radius 3 is 2.53 bits per heavy atom. The summed E-state index contributed by atoms with van der Waals surface area (Å²) in [6.45, 7) is 0.789. The van der Waals surface area contributed by atoms with Crippen molar-refractivity contribution in [2.45, 2.75) is 37.8 Å². The van der Waals surface area contributed by atoms with Crippen LogP contribution in [0.5, 0.6) is 0 Å². The van der Waals surface area contributed by atoms with Crippen LogP contribution in [0.25, 0.3) is 0 Å². The molecule has 0 spiro atoms. The maximum Gasteiger partial charge on any atom is 0.416 e. The first-order valence-electron chi connectivity index (χ1n) is 6.84. The van der Waals surface area contributed by atoms with Crippen molar-refractivity contribution in [2.24, 2.45) is 5.92 Å². The maximum atomic E-state index is 13.1. The lowest BCUT2D eigenvalue weighted by molar-refractivity contribution is -0.138. The highest BCUT2D eigenvalue weighted by Crippen LogP contribution is 2.43. The largest absolute Gasteiger partial charge is 0.416 e. The Balaban J connectivity index is 2.33. The van der Waals surface area contributed by atoms with Crippen molar-refractivity contribution in [2.75, 3.05) is 13.6 Å². The number of benzene rings is 1. The van der Waals surface area contributed by atoms with Gasteiger partial charge in [0.15, 0.2) is 0 Å². The van der Waals surface area contributed by atoms with Gasteiger partial charge >= 0.3 is 6.18 Å². The molecule has 1 N–H and O–H groups in total. The van der Waals surface area contributed by atoms with Crippen LogP contribution in [-0.2, 0) is 6.18 Å². The quantitative estimate of drug-likeness (QED) is 0.868. The molecule has 2 atom stereocenters. The first kappa shape index (κ1) is 14.4. The normalized spacial score (nSPS) is 24.4. The molecule has 0 amide bonds. The van der Waals surface area contributed by atoms with Crippen molar-refractivity contribution in [3.63, 3.8) is 0 Å². The molecule has 1 aliphatic rings. The van der Waals surface area contributed by atoms with Gasteiger partial charge in [-0.3, -0.25) is 0 Å². The summed E-state index contributed by atoms with van der Waals surface area (Å²) in [5.41, 5.74) is 0.0259. The second-order valence-electron chi connectivity index (χ2n) is 5.29. The summed E-state index contributed by atoms with van der Waals surface area (Å²) in [5, 5.41) is 3.11. The van der Waals surface area contributed by atoms with Crippen LogP contribution in [0.4, 0.5) is 13.2 Å². The molecule has 0 radical (unpaired) electrons. The van der Waals surface area contributed by atoms with E-state index in [0.29, 0.717) is 11.5 Å². The molecular weight excluding hydrogens is 251 g/mol. The third-order valence-electron chi connectivity index (χ3n) is 4.04. The summed E-state index contributed by atoms with van der Waals surface area (Å²) in [7, 11) is 1.86. The molecule has 0 heterocycles. The Kier molecular flexibility index (Phi) is 4.50. The average molecular weight is 271 g/mol. The van der Waals surface area contributed by atoms with Crippen molar-refractivity contribution in [3.05, 3.63) is 35.4 Å². The lowest BCUT2D eigenvalue weighted by Gasteiger charge is -2.33. The Morgan fingerprint density at radius 2 is 1.84 bits per heavy atom. The number of alkyl halides is 3. The predicted molar refractivity (Wildman–Crippen MR) is 70.1 cm³/mol. The molecule has 0 saturated heterocycles. The fraction of sp³-hybridized carbons (Fsp3) is 0.600. The van der Waals surface area contributed by atoms with Crippen LogP contribution in [0, 0.1) is 5.92 Å². The van der Waals surface area contributed by atoms with Crippen LogP contribution in [0.2, 0.25) is 0 Å². The molecule has 19 heavy (non-hydrogen) atoms. The molecule has 0 aromatic heterocycles. The number of hydrogen-bond donors (Lipinski definition) is 1. The summed E-state index contributed by atoms with van der Waals surface area (Å²) in [4.78, 5) is 0. The number of rotatable bonds is 3. The predicted octanol–water partition coefficient (Wildman–Crippen LogP) is 4.20. The first-order chi connectivity index (χ1) is 9.04. The third kappa shape index (κ3) is 3.30. The van der Waals surface area contributed by atoms with E-state index in [1.165, 1.54) is 12.1 Å². The van der Waals surface area contributed by atoms with E-state index >= 15 is 0 Å². The van der Waals surface area contributed by atoms with Crippen LogP contribution in [0.3, 0.4) is 0 Å². The highest BCUT2D eigenvalue weighted by Gasteiger charge is 2.37. The molecule has 0 aliphatic heterocycles. The third-order valence-corrected chi connectivity index (χ3v) is 4.04. The van der Waals surface area contributed by atoms with E-state index in [4.69, 9.17) is 0 Å². The van der Waals surface area contributed by atoms with Gasteiger partial charge in [0.2, 0.25) is 0 Å². The summed E-state index contributed by atoms with van der Waals surface area (Å²) >= 11 is 0. The van der Waals surface area contributed by atoms with Gasteiger partial charge in [0.25, 0.3) is 0 Å². The van der Waals surface area contributed by atoms with E-state index in [9.17, 15) is 13.2 Å². The topological polar surface area (TPSA) is 12.0 Å². The lowest BCUT2D eigenvalue weighted by Crippen LogP contribution is -2.28. The minimum Gasteiger partial charge on any atom is -0.319 e. The van der Waals surface area contributed by atoms with Gasteiger partial charge in [0, 0.05) is 0 Å². The second-order valence-corrected chi connectivity index (χ2v) is 5.29. The van der Waals surface area contributed by atoms with Crippen molar-refractivity contribution >= 4 is 0 Å². The number of nitrogens with one attached hydrogen (secondary N) is 1. The van der Waals surface area contributed by atoms with Gasteiger partial charge in [0.1, 0.15) is 0 Å². The summed E-state index contributed by atoms with van der Waals surface area (Å²) in [6, 6.07) is 6.06. The summed E-state index contributed by atoms with van der Waals surface area (Å²) < 4.78 is 39.3. The first-order valence-corrected chi connectivity index (χ1v) is 6.84. The molecule has 1 aromatic rings. The SMILES string of the molecule is CNCC1CCCCC1c1ccccc1C(F)(F)F. The van der Waals surface area contributed by atoms with E-state index < -0.39 is 11.7 Å². The molecule has 1 nitrogen and oxygen atoms in total. The maximum absolute atomic E-state index is 13.1. The highest BCUT2D eigenvalue weighted by molar-refractivity contribution is 5.33. The molecule has 1 saturated carbocycles. The van der Waals surface area contributed by atoms with E-state index in [1.54, 1.807) is 12.1 Å². The molecule has 2 rings (SSSR count). The van der Waals surface area contributed by atoms with E-state index in [0.717, 1.165) is 32.2 Å².